The Hall–Kier alpha value is -5.26. The lowest BCUT2D eigenvalue weighted by molar-refractivity contribution is -0.130. The second kappa shape index (κ2) is 17.7. The van der Waals surface area contributed by atoms with Gasteiger partial charge in [-0.1, -0.05) is 24.3 Å². The van der Waals surface area contributed by atoms with Crippen LogP contribution in [0.3, 0.4) is 0 Å². The second-order valence-corrected chi connectivity index (χ2v) is 17.4. The first-order valence-corrected chi connectivity index (χ1v) is 20.3. The highest BCUT2D eigenvalue weighted by molar-refractivity contribution is 7.89. The van der Waals surface area contributed by atoms with Gasteiger partial charge in [-0.25, -0.2) is 13.2 Å². The van der Waals surface area contributed by atoms with Gasteiger partial charge in [0, 0.05) is 74.3 Å². The first kappa shape index (κ1) is 40.4. The maximum atomic E-state index is 13.8. The first-order valence-electron chi connectivity index (χ1n) is 18.9. The van der Waals surface area contributed by atoms with Gasteiger partial charge in [-0.2, -0.15) is 9.52 Å². The molecule has 4 aromatic rings. The molecule has 17 heteroatoms. The number of aromatic amines is 1. The standard InChI is InChI=1S/C39H50N10O6S/c1-39(2,3)55-38(52)41-23-27-7-11-30(12-8-27)36(50)43-34(37(51)42-32-15-13-29(14-16-32)35-44-46-47-45-35)21-26-5-9-28(10-6-26)31-22-33(25-40-24-31)56(53,54)49-19-17-48(4)18-20-49/h5-6,9-10,13-16,22,24-25,27,30,34H,7-8,11-12,17-21,23H2,1-4H3,(H,41,52)(H,42,51)(H,43,50)(H,44,45,46,47)/t27?,30?,34-/m0/s1. The summed E-state index contributed by atoms with van der Waals surface area (Å²) >= 11 is 0. The fourth-order valence-corrected chi connectivity index (χ4v) is 8.26. The number of anilines is 1. The molecular formula is C39H50N10O6S. The number of likely N-dealkylation sites (N-methyl/N-ethyl adjacent to an activating group) is 1. The van der Waals surface area contributed by atoms with Crippen LogP contribution in [0.1, 0.15) is 52.0 Å². The fourth-order valence-electron chi connectivity index (χ4n) is 6.85. The van der Waals surface area contributed by atoms with Crippen LogP contribution < -0.4 is 16.0 Å². The Morgan fingerprint density at radius 2 is 1.59 bits per heavy atom. The van der Waals surface area contributed by atoms with E-state index in [1.807, 2.05) is 52.1 Å². The number of hydrogen-bond donors (Lipinski definition) is 4. The highest BCUT2D eigenvalue weighted by Crippen LogP contribution is 2.29. The van der Waals surface area contributed by atoms with E-state index in [9.17, 15) is 22.8 Å². The molecule has 2 aromatic heterocycles. The summed E-state index contributed by atoms with van der Waals surface area (Å²) < 4.78 is 33.6. The number of tetrazole rings is 1. The molecule has 56 heavy (non-hydrogen) atoms. The van der Waals surface area contributed by atoms with Gasteiger partial charge >= 0.3 is 6.09 Å². The number of hydrogen-bond acceptors (Lipinski definition) is 11. The smallest absolute Gasteiger partial charge is 0.407 e. The van der Waals surface area contributed by atoms with Crippen molar-refractivity contribution in [1.29, 1.82) is 0 Å². The van der Waals surface area contributed by atoms with E-state index < -0.39 is 27.8 Å². The third-order valence-corrected chi connectivity index (χ3v) is 11.9. The molecule has 0 bridgehead atoms. The van der Waals surface area contributed by atoms with Crippen molar-refractivity contribution in [1.82, 2.24) is 45.4 Å². The number of ether oxygens (including phenoxy) is 1. The van der Waals surface area contributed by atoms with Crippen LogP contribution in [0.15, 0.2) is 71.9 Å². The molecule has 1 aliphatic carbocycles. The van der Waals surface area contributed by atoms with Gasteiger partial charge in [-0.3, -0.25) is 14.6 Å². The Kier molecular flexibility index (Phi) is 12.8. The van der Waals surface area contributed by atoms with Crippen LogP contribution in [0.4, 0.5) is 10.5 Å². The lowest BCUT2D eigenvalue weighted by Gasteiger charge is -2.31. The summed E-state index contributed by atoms with van der Waals surface area (Å²) in [5.74, 6) is -0.205. The predicted molar refractivity (Wildman–Crippen MR) is 209 cm³/mol. The van der Waals surface area contributed by atoms with Gasteiger partial charge in [0.1, 0.15) is 16.5 Å². The molecule has 6 rings (SSSR count). The van der Waals surface area contributed by atoms with Crippen molar-refractivity contribution < 1.29 is 27.5 Å². The number of piperazine rings is 1. The quantitative estimate of drug-likeness (QED) is 0.162. The predicted octanol–water partition coefficient (Wildman–Crippen LogP) is 3.86. The van der Waals surface area contributed by atoms with Crippen LogP contribution in [0, 0.1) is 11.8 Å². The minimum atomic E-state index is -3.70. The number of aromatic nitrogens is 5. The Morgan fingerprint density at radius 3 is 2.23 bits per heavy atom. The van der Waals surface area contributed by atoms with Gasteiger partial charge in [0.05, 0.1) is 0 Å². The molecule has 2 aromatic carbocycles. The molecule has 3 amide bonds. The number of sulfonamides is 1. The molecule has 4 N–H and O–H groups in total. The highest BCUT2D eigenvalue weighted by Gasteiger charge is 2.31. The van der Waals surface area contributed by atoms with Gasteiger partial charge in [0.25, 0.3) is 0 Å². The van der Waals surface area contributed by atoms with E-state index in [1.165, 1.54) is 10.5 Å². The molecule has 0 unspecified atom stereocenters. The normalized spacial score (nSPS) is 18.8. The molecular weight excluding hydrogens is 737 g/mol. The summed E-state index contributed by atoms with van der Waals surface area (Å²) in [5.41, 5.74) is 2.89. The lowest BCUT2D eigenvalue weighted by atomic mass is 9.81. The van der Waals surface area contributed by atoms with E-state index in [1.54, 1.807) is 36.5 Å². The second-order valence-electron chi connectivity index (χ2n) is 15.5. The van der Waals surface area contributed by atoms with E-state index in [-0.39, 0.29) is 35.0 Å². The highest BCUT2D eigenvalue weighted by atomic mass is 32.2. The van der Waals surface area contributed by atoms with Gasteiger partial charge in [0.2, 0.25) is 27.7 Å². The zero-order valence-corrected chi connectivity index (χ0v) is 33.0. The van der Waals surface area contributed by atoms with E-state index in [0.717, 1.165) is 29.5 Å². The summed E-state index contributed by atoms with van der Waals surface area (Å²) in [6, 6.07) is 15.2. The Balaban J connectivity index is 1.12. The summed E-state index contributed by atoms with van der Waals surface area (Å²) in [5, 5.41) is 22.8. The van der Waals surface area contributed by atoms with Crippen LogP contribution in [0.5, 0.6) is 0 Å². The minimum Gasteiger partial charge on any atom is -0.444 e. The number of nitrogens with one attached hydrogen (secondary N) is 4. The average molecular weight is 787 g/mol. The van der Waals surface area contributed by atoms with Crippen molar-refractivity contribution in [3.05, 3.63) is 72.6 Å². The van der Waals surface area contributed by atoms with Crippen LogP contribution in [-0.4, -0.2) is 113 Å². The Morgan fingerprint density at radius 1 is 0.911 bits per heavy atom. The number of carbonyl (C=O) groups excluding carboxylic acids is 3. The van der Waals surface area contributed by atoms with Crippen molar-refractivity contribution in [2.24, 2.45) is 11.8 Å². The third-order valence-electron chi connectivity index (χ3n) is 10.1. The molecule has 1 saturated carbocycles. The average Bonchev–Trinajstić information content (AvgIpc) is 3.73. The topological polar surface area (TPSA) is 204 Å². The number of carbonyl (C=O) groups is 3. The van der Waals surface area contributed by atoms with Crippen molar-refractivity contribution in [3.63, 3.8) is 0 Å². The van der Waals surface area contributed by atoms with Crippen molar-refractivity contribution in [3.8, 4) is 22.5 Å². The molecule has 1 saturated heterocycles. The summed E-state index contributed by atoms with van der Waals surface area (Å²) in [6.07, 6.45) is 5.53. The van der Waals surface area contributed by atoms with Crippen molar-refractivity contribution in [2.45, 2.75) is 69.4 Å². The number of amides is 3. The Labute approximate surface area is 327 Å². The SMILES string of the molecule is CN1CCN(S(=O)(=O)c2cncc(-c3ccc(C[C@H](NC(=O)C4CCC(CNC(=O)OC(C)(C)C)CC4)C(=O)Nc4ccc(-c5nn[nH]n5)cc4)cc3)c2)CC1. The molecule has 0 radical (unpaired) electrons. The van der Waals surface area contributed by atoms with Gasteiger partial charge in [0.15, 0.2) is 0 Å². The van der Waals surface area contributed by atoms with E-state index >= 15 is 0 Å². The molecule has 0 spiro atoms. The fraction of sp³-hybridized carbons (Fsp3) is 0.462. The lowest BCUT2D eigenvalue weighted by Crippen LogP contribution is -2.48. The number of H-pyrrole nitrogens is 1. The molecule has 1 atom stereocenters. The van der Waals surface area contributed by atoms with Gasteiger partial charge in [-0.05, 0) is 106 Å². The Bertz CT molecular complexity index is 2060. The number of pyridine rings is 1. The van der Waals surface area contributed by atoms with Crippen molar-refractivity contribution >= 4 is 33.6 Å². The van der Waals surface area contributed by atoms with Crippen LogP contribution in [0.2, 0.25) is 0 Å². The number of nitrogens with zero attached hydrogens (tertiary/aromatic N) is 6. The van der Waals surface area contributed by atoms with Crippen LogP contribution in [-0.2, 0) is 30.8 Å². The van der Waals surface area contributed by atoms with Crippen LogP contribution in [0.25, 0.3) is 22.5 Å². The molecule has 2 fully saturated rings. The van der Waals surface area contributed by atoms with Crippen molar-refractivity contribution in [2.75, 3.05) is 45.1 Å². The first-order chi connectivity index (χ1) is 26.7. The molecule has 1 aliphatic heterocycles. The van der Waals surface area contributed by atoms with E-state index in [0.29, 0.717) is 62.6 Å². The monoisotopic (exact) mass is 786 g/mol. The van der Waals surface area contributed by atoms with E-state index in [4.69, 9.17) is 4.74 Å². The maximum absolute atomic E-state index is 13.8. The number of alkyl carbamates (subject to hydrolysis) is 1. The van der Waals surface area contributed by atoms with Gasteiger partial charge < -0.3 is 25.6 Å². The minimum absolute atomic E-state index is 0.140. The molecule has 2 aliphatic rings. The van der Waals surface area contributed by atoms with E-state index in [2.05, 4.69) is 46.5 Å². The number of rotatable bonds is 12. The third kappa shape index (κ3) is 10.7. The zero-order chi connectivity index (χ0) is 39.9. The molecule has 16 nitrogen and oxygen atoms in total. The molecule has 3 heterocycles. The zero-order valence-electron chi connectivity index (χ0n) is 32.2. The summed E-state index contributed by atoms with van der Waals surface area (Å²) in [4.78, 5) is 46.1. The van der Waals surface area contributed by atoms with Crippen LogP contribution >= 0.6 is 0 Å². The number of benzene rings is 2. The molecule has 298 valence electrons. The largest absolute Gasteiger partial charge is 0.444 e. The summed E-state index contributed by atoms with van der Waals surface area (Å²) in [7, 11) is -1.73. The van der Waals surface area contributed by atoms with Gasteiger partial charge in [-0.15, -0.1) is 10.2 Å². The summed E-state index contributed by atoms with van der Waals surface area (Å²) in [6.45, 7) is 8.09. The maximum Gasteiger partial charge on any atom is 0.407 e.